The highest BCUT2D eigenvalue weighted by atomic mass is 35.5. The molecule has 3 heterocycles. The van der Waals surface area contributed by atoms with Crippen LogP contribution in [0.25, 0.3) is 0 Å². The maximum absolute atomic E-state index is 13.4. The number of halogens is 2. The molecule has 148 valence electrons. The van der Waals surface area contributed by atoms with Gasteiger partial charge in [0.2, 0.25) is 11.8 Å². The van der Waals surface area contributed by atoms with Gasteiger partial charge in [0, 0.05) is 19.0 Å². The lowest BCUT2D eigenvalue weighted by Crippen LogP contribution is -2.46. The summed E-state index contributed by atoms with van der Waals surface area (Å²) in [6.45, 7) is 5.67. The van der Waals surface area contributed by atoms with Gasteiger partial charge in [0.15, 0.2) is 0 Å². The van der Waals surface area contributed by atoms with Crippen LogP contribution in [-0.4, -0.2) is 39.1 Å². The van der Waals surface area contributed by atoms with Gasteiger partial charge in [-0.25, -0.2) is 4.39 Å². The van der Waals surface area contributed by atoms with E-state index in [4.69, 9.17) is 11.6 Å². The van der Waals surface area contributed by atoms with Crippen molar-refractivity contribution >= 4 is 29.1 Å². The van der Waals surface area contributed by atoms with E-state index in [1.165, 1.54) is 12.1 Å². The van der Waals surface area contributed by atoms with Gasteiger partial charge in [-0.15, -0.1) is 0 Å². The third-order valence-corrected chi connectivity index (χ3v) is 5.77. The zero-order chi connectivity index (χ0) is 20.0. The van der Waals surface area contributed by atoms with Gasteiger partial charge < -0.3 is 9.80 Å². The molecule has 2 amide bonds. The molecule has 0 saturated carbocycles. The van der Waals surface area contributed by atoms with Gasteiger partial charge >= 0.3 is 0 Å². The van der Waals surface area contributed by atoms with Crippen molar-refractivity contribution in [1.82, 2.24) is 14.7 Å². The number of nitrogens with zero attached hydrogens (tertiary/aromatic N) is 4. The first kappa shape index (κ1) is 18.9. The minimum Gasteiger partial charge on any atom is -0.332 e. The van der Waals surface area contributed by atoms with Crippen LogP contribution >= 0.6 is 11.6 Å². The van der Waals surface area contributed by atoms with E-state index in [2.05, 4.69) is 12.0 Å². The SMILES string of the molecule is CC1CC(=O)N(c2cnn3c2CN(C(=O)Cc2ccc(F)c(Cl)c2)[C@@H](C)C3)C1. The average molecular weight is 405 g/mol. The Hall–Kier alpha value is -2.41. The molecule has 28 heavy (non-hydrogen) atoms. The van der Waals surface area contributed by atoms with Crippen molar-refractivity contribution in [1.29, 1.82) is 0 Å². The van der Waals surface area contributed by atoms with Crippen LogP contribution in [-0.2, 0) is 29.1 Å². The molecule has 6 nitrogen and oxygen atoms in total. The fourth-order valence-corrected chi connectivity index (χ4v) is 4.19. The Morgan fingerprint density at radius 1 is 1.32 bits per heavy atom. The summed E-state index contributed by atoms with van der Waals surface area (Å²) < 4.78 is 15.2. The van der Waals surface area contributed by atoms with Crippen molar-refractivity contribution < 1.29 is 14.0 Å². The summed E-state index contributed by atoms with van der Waals surface area (Å²) in [6, 6.07) is 4.31. The largest absolute Gasteiger partial charge is 0.332 e. The van der Waals surface area contributed by atoms with Gasteiger partial charge in [-0.2, -0.15) is 5.10 Å². The summed E-state index contributed by atoms with van der Waals surface area (Å²) >= 11 is 5.83. The number of anilines is 1. The lowest BCUT2D eigenvalue weighted by Gasteiger charge is -2.35. The summed E-state index contributed by atoms with van der Waals surface area (Å²) in [6.07, 6.45) is 2.41. The van der Waals surface area contributed by atoms with Crippen molar-refractivity contribution in [2.45, 2.75) is 45.8 Å². The van der Waals surface area contributed by atoms with Crippen LogP contribution in [0.3, 0.4) is 0 Å². The molecule has 2 atom stereocenters. The van der Waals surface area contributed by atoms with Crippen molar-refractivity contribution in [2.24, 2.45) is 5.92 Å². The van der Waals surface area contributed by atoms with Gasteiger partial charge in [0.1, 0.15) is 5.82 Å². The zero-order valence-electron chi connectivity index (χ0n) is 15.9. The lowest BCUT2D eigenvalue weighted by atomic mass is 10.1. The topological polar surface area (TPSA) is 58.4 Å². The van der Waals surface area contributed by atoms with Crippen LogP contribution in [0.1, 0.15) is 31.5 Å². The Balaban J connectivity index is 1.55. The predicted octanol–water partition coefficient (Wildman–Crippen LogP) is 3.02. The molecular formula is C20H22ClFN4O2. The third kappa shape index (κ3) is 3.39. The Labute approximate surface area is 167 Å². The quantitative estimate of drug-likeness (QED) is 0.790. The van der Waals surface area contributed by atoms with Crippen LogP contribution in [0.2, 0.25) is 5.02 Å². The van der Waals surface area contributed by atoms with Crippen molar-refractivity contribution in [2.75, 3.05) is 11.4 Å². The molecule has 0 N–H and O–H groups in total. The molecule has 8 heteroatoms. The second-order valence-corrected chi connectivity index (χ2v) is 8.18. The van der Waals surface area contributed by atoms with E-state index in [0.717, 1.165) is 11.4 Å². The number of hydrogen-bond donors (Lipinski definition) is 0. The molecule has 0 aliphatic carbocycles. The van der Waals surface area contributed by atoms with E-state index < -0.39 is 5.82 Å². The van der Waals surface area contributed by atoms with E-state index in [9.17, 15) is 14.0 Å². The number of rotatable bonds is 3. The first-order valence-electron chi connectivity index (χ1n) is 9.42. The van der Waals surface area contributed by atoms with E-state index in [1.807, 2.05) is 11.6 Å². The maximum Gasteiger partial charge on any atom is 0.227 e. The highest BCUT2D eigenvalue weighted by Crippen LogP contribution is 2.31. The Morgan fingerprint density at radius 2 is 2.11 bits per heavy atom. The van der Waals surface area contributed by atoms with Crippen molar-refractivity contribution in [3.05, 3.63) is 46.5 Å². The predicted molar refractivity (Wildman–Crippen MR) is 103 cm³/mol. The molecule has 0 bridgehead atoms. The molecule has 0 radical (unpaired) electrons. The van der Waals surface area contributed by atoms with Gasteiger partial charge in [-0.3, -0.25) is 14.3 Å². The highest BCUT2D eigenvalue weighted by Gasteiger charge is 2.35. The lowest BCUT2D eigenvalue weighted by molar-refractivity contribution is -0.134. The molecule has 2 aromatic rings. The summed E-state index contributed by atoms with van der Waals surface area (Å²) in [7, 11) is 0. The van der Waals surface area contributed by atoms with Crippen LogP contribution in [0.5, 0.6) is 0 Å². The average Bonchev–Trinajstić information content (AvgIpc) is 3.19. The minimum atomic E-state index is -0.498. The number of amides is 2. The van der Waals surface area contributed by atoms with E-state index in [-0.39, 0.29) is 29.3 Å². The molecule has 2 aliphatic rings. The first-order chi connectivity index (χ1) is 13.3. The summed E-state index contributed by atoms with van der Waals surface area (Å²) in [5.74, 6) is -0.149. The first-order valence-corrected chi connectivity index (χ1v) is 9.79. The van der Waals surface area contributed by atoms with Crippen LogP contribution in [0.15, 0.2) is 24.4 Å². The van der Waals surface area contributed by atoms with Crippen molar-refractivity contribution in [3.63, 3.8) is 0 Å². The molecular weight excluding hydrogens is 383 g/mol. The number of fused-ring (bicyclic) bond motifs is 1. The normalized spacial score (nSPS) is 21.9. The fraction of sp³-hybridized carbons (Fsp3) is 0.450. The number of carbonyl (C=O) groups excluding carboxylic acids is 2. The molecule has 2 aliphatic heterocycles. The van der Waals surface area contributed by atoms with E-state index in [0.29, 0.717) is 37.5 Å². The van der Waals surface area contributed by atoms with Gasteiger partial charge in [-0.05, 0) is 30.5 Å². The molecule has 1 unspecified atom stereocenters. The number of aromatic nitrogens is 2. The second-order valence-electron chi connectivity index (χ2n) is 7.77. The molecule has 4 rings (SSSR count). The minimum absolute atomic E-state index is 0.0130. The molecule has 1 aromatic carbocycles. The van der Waals surface area contributed by atoms with Crippen LogP contribution in [0, 0.1) is 11.7 Å². The number of benzene rings is 1. The maximum atomic E-state index is 13.4. The zero-order valence-corrected chi connectivity index (χ0v) is 16.6. The monoisotopic (exact) mass is 404 g/mol. The third-order valence-electron chi connectivity index (χ3n) is 5.48. The standard InChI is InChI=1S/C20H22ClFN4O2/c1-12-5-19(27)25(9-12)17-8-23-26-10-13(2)24(11-18(17)26)20(28)7-14-3-4-16(22)15(21)6-14/h3-4,6,8,12-13H,5,7,9-11H2,1-2H3/t12?,13-/m0/s1. The molecule has 1 aromatic heterocycles. The van der Waals surface area contributed by atoms with E-state index in [1.54, 1.807) is 22.1 Å². The Bertz CT molecular complexity index is 944. The fourth-order valence-electron chi connectivity index (χ4n) is 3.99. The van der Waals surface area contributed by atoms with Gasteiger partial charge in [0.05, 0.1) is 42.1 Å². The highest BCUT2D eigenvalue weighted by molar-refractivity contribution is 6.30. The van der Waals surface area contributed by atoms with E-state index >= 15 is 0 Å². The van der Waals surface area contributed by atoms with Gasteiger partial charge in [0.25, 0.3) is 0 Å². The summed E-state index contributed by atoms with van der Waals surface area (Å²) in [5, 5.41) is 4.45. The van der Waals surface area contributed by atoms with Crippen LogP contribution in [0.4, 0.5) is 10.1 Å². The Morgan fingerprint density at radius 3 is 2.79 bits per heavy atom. The molecule has 1 saturated heterocycles. The molecule has 1 fully saturated rings. The smallest absolute Gasteiger partial charge is 0.227 e. The molecule has 0 spiro atoms. The summed E-state index contributed by atoms with van der Waals surface area (Å²) in [4.78, 5) is 28.8. The number of carbonyl (C=O) groups is 2. The summed E-state index contributed by atoms with van der Waals surface area (Å²) in [5.41, 5.74) is 2.35. The van der Waals surface area contributed by atoms with Crippen LogP contribution < -0.4 is 4.90 Å². The Kier molecular flexibility index (Phi) is 4.87. The second kappa shape index (κ2) is 7.20. The number of hydrogen-bond acceptors (Lipinski definition) is 3. The van der Waals surface area contributed by atoms with Gasteiger partial charge in [-0.1, -0.05) is 24.6 Å². The van der Waals surface area contributed by atoms with Crippen molar-refractivity contribution in [3.8, 4) is 0 Å².